The molecule has 5 rings (SSSR count). The molecule has 2 aromatic carbocycles. The Morgan fingerprint density at radius 2 is 1.85 bits per heavy atom. The largest absolute Gasteiger partial charge is 0.612 e. The van der Waals surface area contributed by atoms with Gasteiger partial charge in [-0.2, -0.15) is 0 Å². The van der Waals surface area contributed by atoms with Crippen LogP contribution in [-0.2, 0) is 21.4 Å². The Hall–Kier alpha value is -3.86. The van der Waals surface area contributed by atoms with Crippen molar-refractivity contribution < 1.29 is 14.6 Å². The summed E-state index contributed by atoms with van der Waals surface area (Å²) in [6, 6.07) is 17.6. The molecule has 1 aromatic heterocycles. The van der Waals surface area contributed by atoms with Crippen molar-refractivity contribution in [2.24, 2.45) is 0 Å². The minimum absolute atomic E-state index is 0.0232. The molecular formula is C28H25N2O3-. The van der Waals surface area contributed by atoms with Crippen LogP contribution in [0.5, 0.6) is 0 Å². The first-order chi connectivity index (χ1) is 16.0. The molecule has 3 aromatic rings. The summed E-state index contributed by atoms with van der Waals surface area (Å²) in [6.07, 6.45) is 6.37. The Morgan fingerprint density at radius 3 is 2.61 bits per heavy atom. The van der Waals surface area contributed by atoms with Gasteiger partial charge in [-0.05, 0) is 36.3 Å². The molecule has 0 saturated carbocycles. The standard InChI is InChI=1S/C28H26N2O3/c1-4-33-26(31)25-24(18-11-6-5-7-12-18)20-14-10-13-19(20)22(29-25)17-28(2)21-15-8-9-16-23(21)30(3)27(28)32/h5-16,31H,4,17H2,1-3H3/p-1/b26-25-/t28-/m0/s1. The van der Waals surface area contributed by atoms with E-state index in [1.807, 2.05) is 79.7 Å². The van der Waals surface area contributed by atoms with Crippen LogP contribution < -0.4 is 20.6 Å². The molecule has 0 saturated heterocycles. The first-order valence-corrected chi connectivity index (χ1v) is 11.1. The summed E-state index contributed by atoms with van der Waals surface area (Å²) in [4.78, 5) is 20.0. The number of pyridine rings is 1. The van der Waals surface area contributed by atoms with Crippen LogP contribution in [0.3, 0.4) is 0 Å². The number of amides is 1. The highest BCUT2D eigenvalue weighted by Crippen LogP contribution is 2.42. The Balaban J connectivity index is 1.75. The van der Waals surface area contributed by atoms with Crippen LogP contribution in [-0.4, -0.2) is 24.5 Å². The van der Waals surface area contributed by atoms with Gasteiger partial charge in [0.1, 0.15) is 0 Å². The second kappa shape index (κ2) is 7.93. The van der Waals surface area contributed by atoms with Gasteiger partial charge in [-0.15, -0.1) is 0 Å². The molecule has 2 aliphatic rings. The maximum Gasteiger partial charge on any atom is 0.237 e. The van der Waals surface area contributed by atoms with Gasteiger partial charge < -0.3 is 14.7 Å². The van der Waals surface area contributed by atoms with E-state index in [1.54, 1.807) is 18.9 Å². The monoisotopic (exact) mass is 437 g/mol. The quantitative estimate of drug-likeness (QED) is 0.615. The lowest BCUT2D eigenvalue weighted by molar-refractivity contribution is -0.291. The number of aromatic nitrogens is 1. The predicted octanol–water partition coefficient (Wildman–Crippen LogP) is 2.50. The van der Waals surface area contributed by atoms with E-state index in [9.17, 15) is 9.90 Å². The van der Waals surface area contributed by atoms with Crippen LogP contribution in [0, 0.1) is 0 Å². The number of carbonyl (C=O) groups excluding carboxylic acids is 1. The number of anilines is 1. The number of para-hydroxylation sites is 1. The van der Waals surface area contributed by atoms with Crippen molar-refractivity contribution in [3.05, 3.63) is 88.1 Å². The minimum Gasteiger partial charge on any atom is -0.612 e. The molecule has 0 bridgehead atoms. The van der Waals surface area contributed by atoms with Gasteiger partial charge in [0.25, 0.3) is 0 Å². The van der Waals surface area contributed by atoms with Crippen molar-refractivity contribution in [3.63, 3.8) is 0 Å². The molecule has 1 atom stereocenters. The van der Waals surface area contributed by atoms with Gasteiger partial charge in [-0.1, -0.05) is 73.7 Å². The molecule has 1 aliphatic heterocycles. The van der Waals surface area contributed by atoms with Crippen LogP contribution in [0.4, 0.5) is 5.69 Å². The number of likely N-dealkylation sites (N-methyl/N-ethyl adjacent to an activating group) is 1. The molecule has 0 spiro atoms. The van der Waals surface area contributed by atoms with Gasteiger partial charge in [0.15, 0.2) is 0 Å². The van der Waals surface area contributed by atoms with Crippen molar-refractivity contribution in [1.29, 1.82) is 0 Å². The number of hydrogen-bond donors (Lipinski definition) is 0. The van der Waals surface area contributed by atoms with Crippen molar-refractivity contribution in [2.45, 2.75) is 25.7 Å². The number of carbonyl (C=O) groups is 1. The van der Waals surface area contributed by atoms with Crippen molar-refractivity contribution in [3.8, 4) is 11.1 Å². The number of benzene rings is 2. The maximum atomic E-state index is 13.4. The number of ether oxygens (including phenoxy) is 1. The van der Waals surface area contributed by atoms with E-state index < -0.39 is 11.4 Å². The highest BCUT2D eigenvalue weighted by Gasteiger charge is 2.46. The first kappa shape index (κ1) is 21.0. The van der Waals surface area contributed by atoms with Gasteiger partial charge in [0.05, 0.1) is 22.4 Å². The lowest BCUT2D eigenvalue weighted by Gasteiger charge is -2.24. The molecule has 1 amide bonds. The summed E-state index contributed by atoms with van der Waals surface area (Å²) in [5.41, 5.74) is 4.44. The summed E-state index contributed by atoms with van der Waals surface area (Å²) >= 11 is 0. The van der Waals surface area contributed by atoms with Gasteiger partial charge in [-0.25, -0.2) is 0 Å². The molecule has 0 N–H and O–H groups in total. The molecule has 5 nitrogen and oxygen atoms in total. The van der Waals surface area contributed by atoms with E-state index in [0.717, 1.165) is 38.9 Å². The summed E-state index contributed by atoms with van der Waals surface area (Å²) in [5.74, 6) is -0.434. The molecule has 0 radical (unpaired) electrons. The van der Waals surface area contributed by atoms with Crippen LogP contribution >= 0.6 is 0 Å². The fourth-order valence-electron chi connectivity index (χ4n) is 4.98. The zero-order chi connectivity index (χ0) is 23.2. The molecular weight excluding hydrogens is 412 g/mol. The molecule has 0 unspecified atom stereocenters. The van der Waals surface area contributed by atoms with Crippen LogP contribution in [0.1, 0.15) is 30.7 Å². The predicted molar refractivity (Wildman–Crippen MR) is 128 cm³/mol. The average Bonchev–Trinajstić information content (AvgIpc) is 3.39. The summed E-state index contributed by atoms with van der Waals surface area (Å²) in [5, 5.41) is 14.3. The fourth-order valence-corrected chi connectivity index (χ4v) is 4.98. The third-order valence-corrected chi connectivity index (χ3v) is 6.57. The molecule has 5 heteroatoms. The normalized spacial score (nSPS) is 19.2. The number of fused-ring (bicyclic) bond motifs is 2. The minimum atomic E-state index is -0.775. The molecule has 1 aliphatic carbocycles. The fraction of sp³-hybridized carbons (Fsp3) is 0.214. The Kier molecular flexibility index (Phi) is 5.05. The Labute approximate surface area is 193 Å². The summed E-state index contributed by atoms with van der Waals surface area (Å²) in [7, 11) is 1.81. The van der Waals surface area contributed by atoms with Gasteiger partial charge in [-0.3, -0.25) is 9.78 Å². The number of rotatable bonds is 5. The average molecular weight is 438 g/mol. The number of nitrogens with zero attached hydrogens (tertiary/aromatic N) is 2. The molecule has 33 heavy (non-hydrogen) atoms. The maximum absolute atomic E-state index is 13.4. The Bertz CT molecular complexity index is 1410. The summed E-state index contributed by atoms with van der Waals surface area (Å²) < 4.78 is 5.38. The second-order valence-corrected chi connectivity index (χ2v) is 8.61. The van der Waals surface area contributed by atoms with E-state index in [2.05, 4.69) is 0 Å². The lowest BCUT2D eigenvalue weighted by Crippen LogP contribution is -2.41. The topological polar surface area (TPSA) is 65.5 Å². The van der Waals surface area contributed by atoms with Crippen LogP contribution in [0.15, 0.2) is 60.7 Å². The second-order valence-electron chi connectivity index (χ2n) is 8.61. The van der Waals surface area contributed by atoms with E-state index >= 15 is 0 Å². The third-order valence-electron chi connectivity index (χ3n) is 6.57. The SMILES string of the molecule is CCO/C([O-])=c1\nc(C[C@]2(C)C(=O)N(C)c3ccccc32)c2c(c1-c1ccccc1)C=CC=2. The van der Waals surface area contributed by atoms with E-state index in [-0.39, 0.29) is 17.9 Å². The summed E-state index contributed by atoms with van der Waals surface area (Å²) in [6.45, 7) is 4.01. The number of allylic oxidation sites excluding steroid dienone is 1. The van der Waals surface area contributed by atoms with Crippen molar-refractivity contribution in [1.82, 2.24) is 4.98 Å². The van der Waals surface area contributed by atoms with Gasteiger partial charge in [0.2, 0.25) is 5.91 Å². The van der Waals surface area contributed by atoms with Crippen LogP contribution in [0.2, 0.25) is 0 Å². The zero-order valence-corrected chi connectivity index (χ0v) is 19.0. The van der Waals surface area contributed by atoms with E-state index in [4.69, 9.17) is 9.72 Å². The number of hydrogen-bond acceptors (Lipinski definition) is 4. The molecule has 166 valence electrons. The van der Waals surface area contributed by atoms with Crippen molar-refractivity contribution in [2.75, 3.05) is 18.6 Å². The van der Waals surface area contributed by atoms with Gasteiger partial charge in [0, 0.05) is 29.9 Å². The third kappa shape index (κ3) is 3.23. The highest BCUT2D eigenvalue weighted by molar-refractivity contribution is 6.07. The molecule has 2 heterocycles. The Morgan fingerprint density at radius 1 is 1.12 bits per heavy atom. The van der Waals surface area contributed by atoms with E-state index in [1.165, 1.54) is 0 Å². The van der Waals surface area contributed by atoms with E-state index in [0.29, 0.717) is 6.42 Å². The lowest BCUT2D eigenvalue weighted by atomic mass is 9.79. The first-order valence-electron chi connectivity index (χ1n) is 11.1. The van der Waals surface area contributed by atoms with Crippen LogP contribution in [0.25, 0.3) is 29.2 Å². The zero-order valence-electron chi connectivity index (χ0n) is 19.0. The van der Waals surface area contributed by atoms with Crippen molar-refractivity contribution >= 4 is 29.7 Å². The smallest absolute Gasteiger partial charge is 0.237 e. The molecule has 0 fully saturated rings. The van der Waals surface area contributed by atoms with Gasteiger partial charge >= 0.3 is 0 Å². The highest BCUT2D eigenvalue weighted by atomic mass is 16.6.